The second kappa shape index (κ2) is 6.15. The minimum Gasteiger partial charge on any atom is -0.310 e. The minimum absolute atomic E-state index is 0.371. The van der Waals surface area contributed by atoms with Crippen LogP contribution in [0.25, 0.3) is 5.82 Å². The van der Waals surface area contributed by atoms with Crippen molar-refractivity contribution in [2.24, 2.45) is 0 Å². The predicted octanol–water partition coefficient (Wildman–Crippen LogP) is 4.18. The van der Waals surface area contributed by atoms with Gasteiger partial charge in [-0.2, -0.15) is 9.78 Å². The van der Waals surface area contributed by atoms with Gasteiger partial charge in [-0.1, -0.05) is 17.7 Å². The molecule has 0 fully saturated rings. The topological polar surface area (TPSA) is 42.7 Å². The van der Waals surface area contributed by atoms with E-state index in [1.54, 1.807) is 35.3 Å². The van der Waals surface area contributed by atoms with Gasteiger partial charge in [-0.3, -0.25) is 0 Å². The molecule has 0 aliphatic rings. The molecule has 4 nitrogen and oxygen atoms in total. The molecule has 0 amide bonds. The van der Waals surface area contributed by atoms with Gasteiger partial charge in [0.2, 0.25) is 0 Å². The van der Waals surface area contributed by atoms with Crippen molar-refractivity contribution in [3.05, 3.63) is 65.7 Å². The Morgan fingerprint density at radius 2 is 2.05 bits per heavy atom. The lowest BCUT2D eigenvalue weighted by atomic mass is 10.3. The second-order valence-electron chi connectivity index (χ2n) is 4.10. The van der Waals surface area contributed by atoms with Crippen molar-refractivity contribution in [3.8, 4) is 5.82 Å². The lowest BCUT2D eigenvalue weighted by Crippen LogP contribution is -2.03. The van der Waals surface area contributed by atoms with Crippen LogP contribution in [0.3, 0.4) is 0 Å². The van der Waals surface area contributed by atoms with Crippen LogP contribution in [0.15, 0.2) is 59.8 Å². The number of rotatable bonds is 4. The average Bonchev–Trinajstić information content (AvgIpc) is 2.96. The van der Waals surface area contributed by atoms with Crippen LogP contribution in [0.2, 0.25) is 5.02 Å². The Kier molecular flexibility index (Phi) is 4.08. The normalized spacial score (nSPS) is 10.6. The summed E-state index contributed by atoms with van der Waals surface area (Å²) >= 11 is 6.88. The molecule has 2 aromatic heterocycles. The minimum atomic E-state index is -0.371. The molecule has 7 heteroatoms. The maximum atomic E-state index is 13.7. The van der Waals surface area contributed by atoms with Crippen molar-refractivity contribution in [1.29, 1.82) is 0 Å². The molecule has 0 unspecified atom stereocenters. The summed E-state index contributed by atoms with van der Waals surface area (Å²) in [5.41, 5.74) is 0. The first-order valence-corrected chi connectivity index (χ1v) is 7.27. The molecule has 0 aliphatic carbocycles. The standard InChI is InChI=1S/C14H10ClFN4S/c15-10-4-5-12(11(16)9-10)21-19-14-6-8-18-20(14)13-3-1-2-7-17-13/h1-9,19H. The van der Waals surface area contributed by atoms with Gasteiger partial charge < -0.3 is 4.72 Å². The van der Waals surface area contributed by atoms with Crippen molar-refractivity contribution < 1.29 is 4.39 Å². The summed E-state index contributed by atoms with van der Waals surface area (Å²) in [7, 11) is 0. The van der Waals surface area contributed by atoms with Crippen LogP contribution < -0.4 is 4.72 Å². The van der Waals surface area contributed by atoms with Gasteiger partial charge in [-0.05, 0) is 42.3 Å². The van der Waals surface area contributed by atoms with E-state index in [9.17, 15) is 4.39 Å². The third kappa shape index (κ3) is 3.17. The molecule has 0 spiro atoms. The van der Waals surface area contributed by atoms with Crippen molar-refractivity contribution in [2.75, 3.05) is 4.72 Å². The zero-order chi connectivity index (χ0) is 14.7. The molecule has 2 heterocycles. The smallest absolute Gasteiger partial charge is 0.155 e. The van der Waals surface area contributed by atoms with E-state index in [1.807, 2.05) is 18.2 Å². The molecule has 106 valence electrons. The summed E-state index contributed by atoms with van der Waals surface area (Å²) in [4.78, 5) is 4.68. The van der Waals surface area contributed by atoms with Crippen molar-refractivity contribution in [3.63, 3.8) is 0 Å². The molecule has 0 radical (unpaired) electrons. The van der Waals surface area contributed by atoms with Crippen LogP contribution in [-0.4, -0.2) is 14.8 Å². The maximum absolute atomic E-state index is 13.7. The molecule has 0 aliphatic heterocycles. The van der Waals surface area contributed by atoms with E-state index in [2.05, 4.69) is 14.8 Å². The molecule has 3 aromatic rings. The zero-order valence-corrected chi connectivity index (χ0v) is 12.3. The highest BCUT2D eigenvalue weighted by Gasteiger charge is 2.08. The molecule has 0 atom stereocenters. The Morgan fingerprint density at radius 1 is 1.14 bits per heavy atom. The SMILES string of the molecule is Fc1cc(Cl)ccc1SNc1ccnn1-c1ccccn1. The fourth-order valence-electron chi connectivity index (χ4n) is 1.71. The maximum Gasteiger partial charge on any atom is 0.155 e. The highest BCUT2D eigenvalue weighted by molar-refractivity contribution is 8.00. The third-order valence-corrected chi connectivity index (χ3v) is 3.77. The van der Waals surface area contributed by atoms with Crippen LogP contribution in [0.5, 0.6) is 0 Å². The number of benzene rings is 1. The Hall–Kier alpha value is -2.05. The number of nitrogens with zero attached hydrogens (tertiary/aromatic N) is 3. The lowest BCUT2D eigenvalue weighted by Gasteiger charge is -2.08. The van der Waals surface area contributed by atoms with E-state index in [0.717, 1.165) is 11.9 Å². The quantitative estimate of drug-likeness (QED) is 0.732. The van der Waals surface area contributed by atoms with Crippen LogP contribution in [-0.2, 0) is 0 Å². The molecule has 1 N–H and O–H groups in total. The number of aromatic nitrogens is 3. The Labute approximate surface area is 130 Å². The molecule has 0 saturated heterocycles. The highest BCUT2D eigenvalue weighted by Crippen LogP contribution is 2.26. The van der Waals surface area contributed by atoms with Crippen LogP contribution in [0.1, 0.15) is 0 Å². The Balaban J connectivity index is 1.79. The number of hydrogen-bond acceptors (Lipinski definition) is 4. The van der Waals surface area contributed by atoms with Crippen molar-refractivity contribution >= 4 is 29.4 Å². The number of nitrogens with one attached hydrogen (secondary N) is 1. The average molecular weight is 321 g/mol. The van der Waals surface area contributed by atoms with Gasteiger partial charge in [-0.15, -0.1) is 0 Å². The van der Waals surface area contributed by atoms with E-state index in [0.29, 0.717) is 21.6 Å². The Morgan fingerprint density at radius 3 is 2.81 bits per heavy atom. The second-order valence-corrected chi connectivity index (χ2v) is 5.38. The number of pyridine rings is 1. The molecular weight excluding hydrogens is 311 g/mol. The van der Waals surface area contributed by atoms with Gasteiger partial charge in [0.05, 0.1) is 11.1 Å². The van der Waals surface area contributed by atoms with E-state index < -0.39 is 0 Å². The summed E-state index contributed by atoms with van der Waals surface area (Å²) in [6.45, 7) is 0. The first-order chi connectivity index (χ1) is 10.2. The molecule has 1 aromatic carbocycles. The highest BCUT2D eigenvalue weighted by atomic mass is 35.5. The van der Waals surface area contributed by atoms with Gasteiger partial charge in [-0.25, -0.2) is 9.37 Å². The summed E-state index contributed by atoms with van der Waals surface area (Å²) in [6, 6.07) is 11.9. The first-order valence-electron chi connectivity index (χ1n) is 6.07. The van der Waals surface area contributed by atoms with E-state index in [4.69, 9.17) is 11.6 Å². The van der Waals surface area contributed by atoms with E-state index in [1.165, 1.54) is 6.07 Å². The molecule has 0 saturated carbocycles. The summed E-state index contributed by atoms with van der Waals surface area (Å²) < 4.78 is 18.4. The van der Waals surface area contributed by atoms with Gasteiger partial charge in [0.15, 0.2) is 5.82 Å². The van der Waals surface area contributed by atoms with Crippen LogP contribution in [0, 0.1) is 5.82 Å². The summed E-state index contributed by atoms with van der Waals surface area (Å²) in [6.07, 6.45) is 3.34. The number of anilines is 1. The van der Waals surface area contributed by atoms with Crippen molar-refractivity contribution in [1.82, 2.24) is 14.8 Å². The molecular formula is C14H10ClFN4S. The monoisotopic (exact) mass is 320 g/mol. The zero-order valence-electron chi connectivity index (χ0n) is 10.7. The first kappa shape index (κ1) is 13.9. The predicted molar refractivity (Wildman–Crippen MR) is 82.2 cm³/mol. The van der Waals surface area contributed by atoms with Gasteiger partial charge in [0, 0.05) is 17.3 Å². The molecule has 3 rings (SSSR count). The van der Waals surface area contributed by atoms with E-state index >= 15 is 0 Å². The Bertz CT molecular complexity index is 748. The molecule has 21 heavy (non-hydrogen) atoms. The third-order valence-electron chi connectivity index (χ3n) is 2.67. The molecule has 0 bridgehead atoms. The fraction of sp³-hybridized carbons (Fsp3) is 0. The van der Waals surface area contributed by atoms with Gasteiger partial charge in [0.1, 0.15) is 11.6 Å². The van der Waals surface area contributed by atoms with E-state index in [-0.39, 0.29) is 5.82 Å². The number of hydrogen-bond donors (Lipinski definition) is 1. The largest absolute Gasteiger partial charge is 0.310 e. The van der Waals surface area contributed by atoms with Crippen LogP contribution >= 0.6 is 23.5 Å². The number of halogens is 2. The van der Waals surface area contributed by atoms with Crippen LogP contribution in [0.4, 0.5) is 10.2 Å². The summed E-state index contributed by atoms with van der Waals surface area (Å²) in [5, 5.41) is 4.57. The lowest BCUT2D eigenvalue weighted by molar-refractivity contribution is 0.602. The van der Waals surface area contributed by atoms with Gasteiger partial charge in [0.25, 0.3) is 0 Å². The summed E-state index contributed by atoms with van der Waals surface area (Å²) in [5.74, 6) is 1.01. The van der Waals surface area contributed by atoms with Crippen molar-refractivity contribution in [2.45, 2.75) is 4.90 Å². The van der Waals surface area contributed by atoms with Gasteiger partial charge >= 0.3 is 0 Å². The fourth-order valence-corrected chi connectivity index (χ4v) is 2.53.